The maximum absolute atomic E-state index is 11.8. The Hall–Kier alpha value is -1.40. The van der Waals surface area contributed by atoms with Gasteiger partial charge in [-0.05, 0) is 7.05 Å². The molecule has 6 nitrogen and oxygen atoms in total. The summed E-state index contributed by atoms with van der Waals surface area (Å²) in [5.74, 6) is 0.108. The topological polar surface area (TPSA) is 59.4 Å². The van der Waals surface area contributed by atoms with Crippen LogP contribution in [0.3, 0.4) is 0 Å². The number of carbonyl (C=O) groups is 1. The summed E-state index contributed by atoms with van der Waals surface area (Å²) in [7, 11) is 3.45. The van der Waals surface area contributed by atoms with Crippen molar-refractivity contribution in [3.63, 3.8) is 0 Å². The van der Waals surface area contributed by atoms with Crippen molar-refractivity contribution in [2.45, 2.75) is 12.1 Å². The molecule has 0 saturated carbocycles. The lowest BCUT2D eigenvalue weighted by atomic mass is 10.2. The van der Waals surface area contributed by atoms with Crippen LogP contribution >= 0.6 is 0 Å². The van der Waals surface area contributed by atoms with Crippen molar-refractivity contribution in [1.29, 1.82) is 0 Å². The molecule has 94 valence electrons. The zero-order chi connectivity index (χ0) is 12.3. The third-order valence-electron chi connectivity index (χ3n) is 3.13. The predicted molar refractivity (Wildman–Crippen MR) is 62.6 cm³/mol. The maximum atomic E-state index is 11.8. The molecule has 0 bridgehead atoms. The number of amides is 1. The van der Waals surface area contributed by atoms with Crippen LogP contribution in [-0.2, 0) is 9.53 Å². The van der Waals surface area contributed by atoms with E-state index in [9.17, 15) is 4.79 Å². The van der Waals surface area contributed by atoms with Gasteiger partial charge >= 0.3 is 0 Å². The van der Waals surface area contributed by atoms with Crippen molar-refractivity contribution in [3.8, 4) is 0 Å². The Morgan fingerprint density at radius 2 is 2.41 bits per heavy atom. The molecule has 1 fully saturated rings. The zero-order valence-electron chi connectivity index (χ0n) is 10.2. The number of hydrogen-bond acceptors (Lipinski definition) is 4. The molecule has 0 unspecified atom stereocenters. The molecule has 17 heavy (non-hydrogen) atoms. The number of likely N-dealkylation sites (N-methyl/N-ethyl adjacent to an activating group) is 1. The first kappa shape index (κ1) is 12.1. The molecule has 1 aromatic heterocycles. The predicted octanol–water partition coefficient (Wildman–Crippen LogP) is -0.499. The van der Waals surface area contributed by atoms with Crippen LogP contribution in [0.25, 0.3) is 0 Å². The molecule has 1 aromatic rings. The van der Waals surface area contributed by atoms with Gasteiger partial charge in [0.05, 0.1) is 25.0 Å². The molecular weight excluding hydrogens is 220 g/mol. The fourth-order valence-electron chi connectivity index (χ4n) is 2.21. The molecular formula is C11H18N4O2. The minimum Gasteiger partial charge on any atom is -0.377 e. The number of carbonyl (C=O) groups excluding carboxylic acids is 1. The van der Waals surface area contributed by atoms with Gasteiger partial charge in [0, 0.05) is 32.6 Å². The molecule has 0 aliphatic carbocycles. The van der Waals surface area contributed by atoms with E-state index in [2.05, 4.69) is 10.3 Å². The van der Waals surface area contributed by atoms with Crippen molar-refractivity contribution < 1.29 is 9.53 Å². The Morgan fingerprint density at radius 1 is 1.59 bits per heavy atom. The third kappa shape index (κ3) is 2.48. The van der Waals surface area contributed by atoms with Crippen molar-refractivity contribution in [1.82, 2.24) is 19.8 Å². The van der Waals surface area contributed by atoms with Gasteiger partial charge in [-0.3, -0.25) is 4.79 Å². The molecule has 6 heteroatoms. The van der Waals surface area contributed by atoms with E-state index in [-0.39, 0.29) is 18.1 Å². The average molecular weight is 238 g/mol. The van der Waals surface area contributed by atoms with Crippen LogP contribution in [0.15, 0.2) is 18.7 Å². The number of nitrogens with zero attached hydrogens (tertiary/aromatic N) is 3. The Kier molecular flexibility index (Phi) is 3.75. The zero-order valence-corrected chi connectivity index (χ0v) is 10.2. The first-order valence-electron chi connectivity index (χ1n) is 5.69. The minimum atomic E-state index is 0.0324. The summed E-state index contributed by atoms with van der Waals surface area (Å²) in [5, 5.41) is 2.88. The van der Waals surface area contributed by atoms with Gasteiger partial charge in [0.1, 0.15) is 0 Å². The first-order chi connectivity index (χ1) is 8.26. The summed E-state index contributed by atoms with van der Waals surface area (Å²) in [5.41, 5.74) is 0. The number of rotatable bonds is 4. The van der Waals surface area contributed by atoms with Crippen LogP contribution in [-0.4, -0.2) is 60.3 Å². The molecule has 1 aliphatic rings. The first-order valence-corrected chi connectivity index (χ1v) is 5.69. The van der Waals surface area contributed by atoms with Gasteiger partial charge in [0.15, 0.2) is 0 Å². The molecule has 2 atom stereocenters. The van der Waals surface area contributed by atoms with Crippen molar-refractivity contribution in [3.05, 3.63) is 18.7 Å². The minimum absolute atomic E-state index is 0.0324. The molecule has 2 rings (SSSR count). The summed E-state index contributed by atoms with van der Waals surface area (Å²) >= 11 is 0. The number of hydrogen-bond donors (Lipinski definition) is 1. The summed E-state index contributed by atoms with van der Waals surface area (Å²) in [6.07, 6.45) is 5.45. The lowest BCUT2D eigenvalue weighted by Crippen LogP contribution is -2.36. The second-order valence-electron chi connectivity index (χ2n) is 4.18. The second kappa shape index (κ2) is 5.29. The lowest BCUT2D eigenvalue weighted by molar-refractivity contribution is -0.129. The van der Waals surface area contributed by atoms with Crippen molar-refractivity contribution >= 4 is 5.91 Å². The van der Waals surface area contributed by atoms with Gasteiger partial charge in [-0.1, -0.05) is 0 Å². The number of nitrogens with one attached hydrogen (secondary N) is 1. The highest BCUT2D eigenvalue weighted by molar-refractivity contribution is 5.78. The van der Waals surface area contributed by atoms with E-state index in [0.29, 0.717) is 19.6 Å². The smallest absolute Gasteiger partial charge is 0.236 e. The van der Waals surface area contributed by atoms with E-state index < -0.39 is 0 Å². The molecule has 1 saturated heterocycles. The summed E-state index contributed by atoms with van der Waals surface area (Å²) in [4.78, 5) is 17.7. The molecule has 2 heterocycles. The van der Waals surface area contributed by atoms with E-state index in [4.69, 9.17) is 4.74 Å². The van der Waals surface area contributed by atoms with Crippen molar-refractivity contribution in [2.75, 3.05) is 33.8 Å². The maximum Gasteiger partial charge on any atom is 0.236 e. The lowest BCUT2D eigenvalue weighted by Gasteiger charge is -2.17. The highest BCUT2D eigenvalue weighted by Crippen LogP contribution is 2.24. The normalized spacial score (nSPS) is 24.2. The summed E-state index contributed by atoms with van der Waals surface area (Å²) < 4.78 is 7.44. The molecule has 1 aliphatic heterocycles. The van der Waals surface area contributed by atoms with Gasteiger partial charge in [0.25, 0.3) is 0 Å². The number of aromatic nitrogens is 2. The highest BCUT2D eigenvalue weighted by Gasteiger charge is 2.35. The van der Waals surface area contributed by atoms with Crippen LogP contribution in [0.4, 0.5) is 0 Å². The van der Waals surface area contributed by atoms with Gasteiger partial charge in [-0.2, -0.15) is 0 Å². The average Bonchev–Trinajstić information content (AvgIpc) is 2.97. The largest absolute Gasteiger partial charge is 0.377 e. The fourth-order valence-corrected chi connectivity index (χ4v) is 2.21. The summed E-state index contributed by atoms with van der Waals surface area (Å²) in [6, 6.07) is 0.156. The SMILES string of the molecule is CNCC(=O)N1C[C@@H](n2ccnc2)[C@H](OC)C1. The van der Waals surface area contributed by atoms with Gasteiger partial charge < -0.3 is 19.5 Å². The van der Waals surface area contributed by atoms with E-state index in [1.54, 1.807) is 26.7 Å². The van der Waals surface area contributed by atoms with Crippen LogP contribution in [0.5, 0.6) is 0 Å². The number of imidazole rings is 1. The molecule has 0 spiro atoms. The molecule has 1 amide bonds. The number of ether oxygens (including phenoxy) is 1. The summed E-state index contributed by atoms with van der Waals surface area (Å²) in [6.45, 7) is 1.68. The molecule has 0 radical (unpaired) electrons. The Labute approximate surface area is 101 Å². The number of likely N-dealkylation sites (tertiary alicyclic amines) is 1. The van der Waals surface area contributed by atoms with E-state index in [1.165, 1.54) is 0 Å². The molecule has 1 N–H and O–H groups in total. The standard InChI is InChI=1S/C11H18N4O2/c1-12-5-11(16)15-6-9(10(7-15)17-2)14-4-3-13-8-14/h3-4,8-10,12H,5-7H2,1-2H3/t9-,10-/m1/s1. The Bertz CT molecular complexity index is 366. The molecule has 0 aromatic carbocycles. The van der Waals surface area contributed by atoms with Crippen LogP contribution in [0.2, 0.25) is 0 Å². The second-order valence-corrected chi connectivity index (χ2v) is 4.18. The fraction of sp³-hybridized carbons (Fsp3) is 0.636. The monoisotopic (exact) mass is 238 g/mol. The Morgan fingerprint density at radius 3 is 3.00 bits per heavy atom. The number of methoxy groups -OCH3 is 1. The third-order valence-corrected chi connectivity index (χ3v) is 3.13. The van der Waals surface area contributed by atoms with Crippen molar-refractivity contribution in [2.24, 2.45) is 0 Å². The van der Waals surface area contributed by atoms with E-state index >= 15 is 0 Å². The van der Waals surface area contributed by atoms with Gasteiger partial charge in [0.2, 0.25) is 5.91 Å². The highest BCUT2D eigenvalue weighted by atomic mass is 16.5. The van der Waals surface area contributed by atoms with Gasteiger partial charge in [-0.25, -0.2) is 4.98 Å². The van der Waals surface area contributed by atoms with E-state index in [1.807, 2.05) is 15.7 Å². The van der Waals surface area contributed by atoms with Crippen LogP contribution in [0.1, 0.15) is 6.04 Å². The Balaban J connectivity index is 2.06. The van der Waals surface area contributed by atoms with E-state index in [0.717, 1.165) is 0 Å². The van der Waals surface area contributed by atoms with Crippen LogP contribution in [0, 0.1) is 0 Å². The van der Waals surface area contributed by atoms with Crippen LogP contribution < -0.4 is 5.32 Å². The van der Waals surface area contributed by atoms with Gasteiger partial charge in [-0.15, -0.1) is 0 Å². The quantitative estimate of drug-likeness (QED) is 0.768.